The Morgan fingerprint density at radius 1 is 1.71 bits per heavy atom. The van der Waals surface area contributed by atoms with Gasteiger partial charge in [0.15, 0.2) is 5.69 Å². The van der Waals surface area contributed by atoms with Crippen LogP contribution in [0.5, 0.6) is 0 Å². The first-order valence-electron chi connectivity index (χ1n) is 3.75. The Labute approximate surface area is 88.6 Å². The summed E-state index contributed by atoms with van der Waals surface area (Å²) in [5.74, 6) is -0.0980. The van der Waals surface area contributed by atoms with Gasteiger partial charge < -0.3 is 13.9 Å². The molecule has 6 heteroatoms. The van der Waals surface area contributed by atoms with Crippen molar-refractivity contribution in [1.82, 2.24) is 4.98 Å². The van der Waals surface area contributed by atoms with Crippen molar-refractivity contribution in [3.63, 3.8) is 0 Å². The molecule has 1 unspecified atom stereocenters. The van der Waals surface area contributed by atoms with Crippen LogP contribution < -0.4 is 0 Å². The van der Waals surface area contributed by atoms with E-state index in [0.717, 1.165) is 0 Å². The van der Waals surface area contributed by atoms with Crippen molar-refractivity contribution in [1.29, 1.82) is 0 Å². The fourth-order valence-electron chi connectivity index (χ4n) is 0.879. The molecule has 0 saturated heterocycles. The molecule has 0 radical (unpaired) electrons. The van der Waals surface area contributed by atoms with Gasteiger partial charge in [-0.2, -0.15) is 0 Å². The number of methoxy groups -OCH3 is 1. The number of hydrogen-bond donors (Lipinski definition) is 0. The third-order valence-corrected chi connectivity index (χ3v) is 2.15. The van der Waals surface area contributed by atoms with Crippen LogP contribution >= 0.6 is 15.9 Å². The molecule has 0 spiro atoms. The predicted octanol–water partition coefficient (Wildman–Crippen LogP) is 1.40. The lowest BCUT2D eigenvalue weighted by molar-refractivity contribution is -0.107. The van der Waals surface area contributed by atoms with Crippen LogP contribution in [0.3, 0.4) is 0 Å². The van der Waals surface area contributed by atoms with Crippen molar-refractivity contribution in [2.75, 3.05) is 7.11 Å². The Morgan fingerprint density at radius 3 is 2.86 bits per heavy atom. The van der Waals surface area contributed by atoms with E-state index in [1.807, 2.05) is 0 Å². The Hall–Kier alpha value is -1.17. The molecule has 0 aliphatic heterocycles. The molecule has 1 aromatic rings. The number of hydrogen-bond acceptors (Lipinski definition) is 5. The standard InChI is InChI=1S/C8H8BrNO4/c1-4-6(8(12)13-2)10-7(14-4)5(9)3-11/h3,5H,1-2H3. The molecule has 0 bridgehead atoms. The highest BCUT2D eigenvalue weighted by Crippen LogP contribution is 2.22. The van der Waals surface area contributed by atoms with Crippen molar-refractivity contribution in [2.24, 2.45) is 0 Å². The van der Waals surface area contributed by atoms with Crippen LogP contribution in [0, 0.1) is 6.92 Å². The fourth-order valence-corrected chi connectivity index (χ4v) is 1.07. The fraction of sp³-hybridized carbons (Fsp3) is 0.375. The summed E-state index contributed by atoms with van der Waals surface area (Å²) in [6.07, 6.45) is 0.617. The number of aryl methyl sites for hydroxylation is 1. The average molecular weight is 262 g/mol. The number of carbonyl (C=O) groups is 2. The SMILES string of the molecule is COC(=O)c1nc(C(Br)C=O)oc1C. The third kappa shape index (κ3) is 2.01. The second-order valence-corrected chi connectivity index (χ2v) is 3.47. The van der Waals surface area contributed by atoms with E-state index in [4.69, 9.17) is 4.42 Å². The van der Waals surface area contributed by atoms with Gasteiger partial charge in [0.25, 0.3) is 0 Å². The summed E-state index contributed by atoms with van der Waals surface area (Å²) in [7, 11) is 1.25. The lowest BCUT2D eigenvalue weighted by Gasteiger charge is -1.92. The molecule has 0 fully saturated rings. The van der Waals surface area contributed by atoms with Crippen LogP contribution in [0.15, 0.2) is 4.42 Å². The van der Waals surface area contributed by atoms with Crippen molar-refractivity contribution < 1.29 is 18.7 Å². The third-order valence-electron chi connectivity index (χ3n) is 1.55. The Balaban J connectivity index is 3.04. The van der Waals surface area contributed by atoms with E-state index >= 15 is 0 Å². The lowest BCUT2D eigenvalue weighted by Crippen LogP contribution is -2.03. The van der Waals surface area contributed by atoms with E-state index in [-0.39, 0.29) is 11.6 Å². The topological polar surface area (TPSA) is 69.4 Å². The number of halogens is 1. The molecular formula is C8H8BrNO4. The summed E-state index contributed by atoms with van der Waals surface area (Å²) in [4.78, 5) is 24.7. The van der Waals surface area contributed by atoms with Gasteiger partial charge in [-0.05, 0) is 6.92 Å². The van der Waals surface area contributed by atoms with Crippen LogP contribution in [-0.2, 0) is 9.53 Å². The second-order valence-electron chi connectivity index (χ2n) is 2.49. The van der Waals surface area contributed by atoms with E-state index in [9.17, 15) is 9.59 Å². The molecule has 0 amide bonds. The van der Waals surface area contributed by atoms with Crippen molar-refractivity contribution >= 4 is 28.2 Å². The van der Waals surface area contributed by atoms with E-state index < -0.39 is 10.8 Å². The molecule has 1 heterocycles. The largest absolute Gasteiger partial charge is 0.464 e. The van der Waals surface area contributed by atoms with Crippen LogP contribution in [0.1, 0.15) is 27.0 Å². The number of carbonyl (C=O) groups excluding carboxylic acids is 2. The number of oxazole rings is 1. The molecule has 0 saturated carbocycles. The molecule has 1 rings (SSSR count). The van der Waals surface area contributed by atoms with Crippen molar-refractivity contribution in [3.8, 4) is 0 Å². The highest BCUT2D eigenvalue weighted by Gasteiger charge is 2.21. The van der Waals surface area contributed by atoms with Gasteiger partial charge in [0.1, 0.15) is 16.9 Å². The summed E-state index contributed by atoms with van der Waals surface area (Å²) in [5.41, 5.74) is 0.0915. The lowest BCUT2D eigenvalue weighted by atomic mass is 10.4. The minimum absolute atomic E-state index is 0.0915. The first-order valence-corrected chi connectivity index (χ1v) is 4.66. The molecule has 0 N–H and O–H groups in total. The summed E-state index contributed by atoms with van der Waals surface area (Å²) in [6.45, 7) is 1.58. The van der Waals surface area contributed by atoms with Gasteiger partial charge in [0, 0.05) is 0 Å². The molecule has 76 valence electrons. The minimum atomic E-state index is -0.639. The van der Waals surface area contributed by atoms with E-state index in [0.29, 0.717) is 12.0 Å². The van der Waals surface area contributed by atoms with Gasteiger partial charge in [0.05, 0.1) is 7.11 Å². The first-order chi connectivity index (χ1) is 6.60. The number of rotatable bonds is 3. The molecule has 0 aliphatic rings. The normalized spacial score (nSPS) is 12.2. The van der Waals surface area contributed by atoms with E-state index in [1.54, 1.807) is 6.92 Å². The molecule has 5 nitrogen and oxygen atoms in total. The maximum Gasteiger partial charge on any atom is 0.360 e. The Kier molecular flexibility index (Phi) is 3.40. The average Bonchev–Trinajstić information content (AvgIpc) is 2.58. The van der Waals surface area contributed by atoms with Crippen LogP contribution in [0.4, 0.5) is 0 Å². The van der Waals surface area contributed by atoms with Gasteiger partial charge >= 0.3 is 5.97 Å². The minimum Gasteiger partial charge on any atom is -0.464 e. The van der Waals surface area contributed by atoms with E-state index in [1.165, 1.54) is 7.11 Å². The molecule has 1 atom stereocenters. The van der Waals surface area contributed by atoms with E-state index in [2.05, 4.69) is 25.7 Å². The summed E-state index contributed by atoms with van der Waals surface area (Å²) < 4.78 is 9.58. The van der Waals surface area contributed by atoms with Gasteiger partial charge in [-0.15, -0.1) is 0 Å². The quantitative estimate of drug-likeness (QED) is 0.468. The number of nitrogens with zero attached hydrogens (tertiary/aromatic N) is 1. The highest BCUT2D eigenvalue weighted by atomic mass is 79.9. The number of ether oxygens (including phenoxy) is 1. The molecule has 0 aliphatic carbocycles. The molecule has 1 aromatic heterocycles. The number of aromatic nitrogens is 1. The van der Waals surface area contributed by atoms with Gasteiger partial charge in [0.2, 0.25) is 5.89 Å². The van der Waals surface area contributed by atoms with Crippen molar-refractivity contribution in [2.45, 2.75) is 11.8 Å². The predicted molar refractivity (Wildman–Crippen MR) is 50.3 cm³/mol. The molecular weight excluding hydrogens is 254 g/mol. The molecule has 0 aromatic carbocycles. The Bertz CT molecular complexity index is 360. The zero-order valence-electron chi connectivity index (χ0n) is 7.61. The zero-order valence-corrected chi connectivity index (χ0v) is 9.20. The van der Waals surface area contributed by atoms with Crippen LogP contribution in [0.2, 0.25) is 0 Å². The number of aldehydes is 1. The second kappa shape index (κ2) is 4.36. The molecule has 14 heavy (non-hydrogen) atoms. The van der Waals surface area contributed by atoms with Crippen molar-refractivity contribution in [3.05, 3.63) is 17.3 Å². The zero-order chi connectivity index (χ0) is 10.7. The first kappa shape index (κ1) is 10.9. The summed E-state index contributed by atoms with van der Waals surface area (Å²) in [6, 6.07) is 0. The number of alkyl halides is 1. The van der Waals surface area contributed by atoms with Crippen LogP contribution in [0.25, 0.3) is 0 Å². The van der Waals surface area contributed by atoms with Gasteiger partial charge in [-0.1, -0.05) is 15.9 Å². The summed E-state index contributed by atoms with van der Waals surface area (Å²) in [5, 5.41) is 0. The number of esters is 1. The Morgan fingerprint density at radius 2 is 2.36 bits per heavy atom. The smallest absolute Gasteiger partial charge is 0.360 e. The maximum absolute atomic E-state index is 11.1. The summed E-state index contributed by atoms with van der Waals surface area (Å²) >= 11 is 3.03. The highest BCUT2D eigenvalue weighted by molar-refractivity contribution is 9.09. The van der Waals surface area contributed by atoms with Gasteiger partial charge in [-0.3, -0.25) is 0 Å². The van der Waals surface area contributed by atoms with Gasteiger partial charge in [-0.25, -0.2) is 9.78 Å². The maximum atomic E-state index is 11.1. The van der Waals surface area contributed by atoms with Crippen LogP contribution in [-0.4, -0.2) is 24.3 Å². The monoisotopic (exact) mass is 261 g/mol.